The van der Waals surface area contributed by atoms with Crippen LogP contribution in [0, 0.1) is 13.8 Å². The number of benzene rings is 6. The molecule has 0 saturated carbocycles. The summed E-state index contributed by atoms with van der Waals surface area (Å²) in [5, 5.41) is 32.4. The lowest BCUT2D eigenvalue weighted by Crippen LogP contribution is -2.03. The lowest BCUT2D eigenvalue weighted by Gasteiger charge is -2.17. The van der Waals surface area contributed by atoms with E-state index in [1.54, 1.807) is 0 Å². The van der Waals surface area contributed by atoms with Gasteiger partial charge < -0.3 is 26.0 Å². The number of para-hydroxylation sites is 4. The van der Waals surface area contributed by atoms with Crippen LogP contribution in [-0.4, -0.2) is 53.7 Å². The fraction of sp³-hybridized carbons (Fsp3) is 0.0800. The first kappa shape index (κ1) is 46.1. The maximum Gasteiger partial charge on any atom is 0.229 e. The third kappa shape index (κ3) is 10.3. The zero-order chi connectivity index (χ0) is 47.3. The molecule has 10 aromatic rings. The van der Waals surface area contributed by atoms with Crippen molar-refractivity contribution in [3.63, 3.8) is 0 Å². The molecule has 4 aromatic heterocycles. The summed E-state index contributed by atoms with van der Waals surface area (Å²) in [6.07, 6.45) is 3.06. The van der Waals surface area contributed by atoms with Gasteiger partial charge in [0.05, 0.1) is 34.8 Å². The second-order valence-corrected chi connectivity index (χ2v) is 18.1. The molecule has 0 spiro atoms. The topological polar surface area (TPSA) is 166 Å². The molecule has 0 fully saturated rings. The monoisotopic (exact) mass is 996 g/mol. The van der Waals surface area contributed by atoms with E-state index >= 15 is 0 Å². The van der Waals surface area contributed by atoms with Gasteiger partial charge in [-0.2, -0.15) is 20.2 Å². The molecule has 0 saturated heterocycles. The Bertz CT molecular complexity index is 3230. The minimum Gasteiger partial charge on any atom is -0.453 e. The molecule has 68 heavy (non-hydrogen) atoms. The summed E-state index contributed by atoms with van der Waals surface area (Å²) < 4.78 is 6.54. The van der Waals surface area contributed by atoms with Crippen molar-refractivity contribution in [2.24, 2.45) is 0 Å². The maximum absolute atomic E-state index is 6.67. The summed E-state index contributed by atoms with van der Waals surface area (Å²) in [6.45, 7) is 8.24. The van der Waals surface area contributed by atoms with Gasteiger partial charge in [-0.25, -0.2) is 9.97 Å². The second-order valence-electron chi connectivity index (χ2n) is 15.5. The number of ether oxygens (including phenoxy) is 1. The van der Waals surface area contributed by atoms with Gasteiger partial charge in [-0.05, 0) is 111 Å². The largest absolute Gasteiger partial charge is 0.453 e. The van der Waals surface area contributed by atoms with E-state index in [0.717, 1.165) is 75.4 Å². The van der Waals surface area contributed by atoms with E-state index < -0.39 is 0 Å². The summed E-state index contributed by atoms with van der Waals surface area (Å²) in [7, 11) is 1.08. The molecule has 0 aliphatic rings. The van der Waals surface area contributed by atoms with E-state index in [1.165, 1.54) is 12.4 Å². The van der Waals surface area contributed by atoms with Gasteiger partial charge >= 0.3 is 0 Å². The molecule has 0 unspecified atom stereocenters. The Balaban J connectivity index is 0.00000188. The highest BCUT2D eigenvalue weighted by molar-refractivity contribution is 7.35. The van der Waals surface area contributed by atoms with Crippen molar-refractivity contribution in [1.29, 1.82) is 0 Å². The van der Waals surface area contributed by atoms with Crippen LogP contribution in [0.25, 0.3) is 44.3 Å². The molecular formula is C50H41Cl4N12OP. The van der Waals surface area contributed by atoms with Crippen LogP contribution in [0.3, 0.4) is 0 Å². The van der Waals surface area contributed by atoms with Crippen molar-refractivity contribution < 1.29 is 4.74 Å². The first-order valence-corrected chi connectivity index (χ1v) is 24.6. The minimum atomic E-state index is 0.306. The van der Waals surface area contributed by atoms with Crippen molar-refractivity contribution in [3.05, 3.63) is 165 Å². The van der Waals surface area contributed by atoms with Crippen LogP contribution >= 0.6 is 55.0 Å². The van der Waals surface area contributed by atoms with Crippen molar-refractivity contribution in [3.8, 4) is 34.0 Å². The highest BCUT2D eigenvalue weighted by Gasteiger charge is 2.17. The van der Waals surface area contributed by atoms with E-state index in [-0.39, 0.29) is 0 Å². The number of anilines is 8. The Labute approximate surface area is 413 Å². The minimum absolute atomic E-state index is 0.306. The third-order valence-corrected chi connectivity index (χ3v) is 11.9. The van der Waals surface area contributed by atoms with Crippen molar-refractivity contribution in [1.82, 2.24) is 40.3 Å². The molecule has 4 heterocycles. The number of fused-ring (bicyclic) bond motifs is 2. The van der Waals surface area contributed by atoms with Gasteiger partial charge in [-0.1, -0.05) is 94.9 Å². The van der Waals surface area contributed by atoms with Gasteiger partial charge in [0.15, 0.2) is 23.1 Å². The van der Waals surface area contributed by atoms with Gasteiger partial charge in [-0.15, -0.1) is 8.58 Å². The number of aryl methyl sites for hydroxylation is 2. The number of nitrogens with zero attached hydrogens (tertiary/aromatic N) is 6. The molecule has 0 bridgehead atoms. The number of rotatable bonds is 12. The molecule has 13 nitrogen and oxygen atoms in total. The van der Waals surface area contributed by atoms with E-state index in [1.807, 2.05) is 135 Å². The lowest BCUT2D eigenvalue weighted by molar-refractivity contribution is 0.487. The van der Waals surface area contributed by atoms with E-state index in [4.69, 9.17) is 61.1 Å². The van der Waals surface area contributed by atoms with Crippen LogP contribution in [0.15, 0.2) is 134 Å². The van der Waals surface area contributed by atoms with Crippen LogP contribution in [0.4, 0.5) is 46.3 Å². The summed E-state index contributed by atoms with van der Waals surface area (Å²) in [4.78, 5) is 18.3. The highest BCUT2D eigenvalue weighted by Crippen LogP contribution is 2.39. The molecule has 18 heteroatoms. The Morgan fingerprint density at radius 1 is 0.500 bits per heavy atom. The summed E-state index contributed by atoms with van der Waals surface area (Å²) >= 11 is 26.2. The Kier molecular flexibility index (Phi) is 13.9. The van der Waals surface area contributed by atoms with Gasteiger partial charge in [0.25, 0.3) is 0 Å². The average Bonchev–Trinajstić information content (AvgIpc) is 3.96. The van der Waals surface area contributed by atoms with Gasteiger partial charge in [0.2, 0.25) is 11.9 Å². The van der Waals surface area contributed by atoms with Crippen LogP contribution in [-0.2, 0) is 0 Å². The predicted molar refractivity (Wildman–Crippen MR) is 283 cm³/mol. The smallest absolute Gasteiger partial charge is 0.229 e. The first-order valence-electron chi connectivity index (χ1n) is 21.1. The fourth-order valence-corrected chi connectivity index (χ4v) is 7.72. The lowest BCUT2D eigenvalue weighted by atomic mass is 10.1. The number of aromatic amines is 2. The van der Waals surface area contributed by atoms with Crippen LogP contribution in [0.1, 0.15) is 11.1 Å². The molecule has 0 amide bonds. The number of nitrogens with one attached hydrogen (secondary N) is 6. The average molecular weight is 999 g/mol. The Morgan fingerprint density at radius 3 is 1.35 bits per heavy atom. The second kappa shape index (κ2) is 20.5. The van der Waals surface area contributed by atoms with Crippen molar-refractivity contribution in [2.75, 3.05) is 34.6 Å². The molecule has 6 N–H and O–H groups in total. The van der Waals surface area contributed by atoms with Gasteiger partial charge in [0, 0.05) is 43.3 Å². The van der Waals surface area contributed by atoms with E-state index in [9.17, 15) is 0 Å². The standard InChI is InChI=1S/C48H34Cl4N12O.C2H7P/c1-25-11-13-27(19-33(25)49)43-31-21-29(15-17-37(31)61-63-43)55-47-53-23-35(51)45(59-47)57-39-7-3-5-9-41(39)65-42-10-6-4-8-40(42)58-46-36(52)24-54-48(60-46)56-30-16-18-38-32(22-30)44(64-62-38)28-14-12-26(2)34(50)20-28;1-3-2/h3-24H,1-2H3,(H,61,63)(H,62,64)(H2,53,55,57,59)(H2,54,56,58,60);3H,1-2H3. The van der Waals surface area contributed by atoms with E-state index in [0.29, 0.717) is 66.5 Å². The van der Waals surface area contributed by atoms with Crippen molar-refractivity contribution in [2.45, 2.75) is 13.8 Å². The molecule has 0 aliphatic heterocycles. The summed E-state index contributed by atoms with van der Waals surface area (Å²) in [5.41, 5.74) is 9.79. The Morgan fingerprint density at radius 2 is 0.926 bits per heavy atom. The molecule has 340 valence electrons. The number of hydrogen-bond acceptors (Lipinski definition) is 11. The third-order valence-electron chi connectivity index (χ3n) is 10.5. The van der Waals surface area contributed by atoms with E-state index in [2.05, 4.69) is 65.0 Å². The number of hydrogen-bond donors (Lipinski definition) is 6. The summed E-state index contributed by atoms with van der Waals surface area (Å²) in [6, 6.07) is 38.3. The number of aromatic nitrogens is 8. The van der Waals surface area contributed by atoms with Crippen LogP contribution in [0.2, 0.25) is 20.1 Å². The van der Waals surface area contributed by atoms with Crippen LogP contribution < -0.4 is 26.0 Å². The molecule has 0 radical (unpaired) electrons. The molecule has 0 atom stereocenters. The van der Waals surface area contributed by atoms with Gasteiger partial charge in [-0.3, -0.25) is 10.2 Å². The highest BCUT2D eigenvalue weighted by atomic mass is 35.5. The quantitative estimate of drug-likeness (QED) is 0.0645. The van der Waals surface area contributed by atoms with Gasteiger partial charge in [0.1, 0.15) is 21.4 Å². The summed E-state index contributed by atoms with van der Waals surface area (Å²) in [5.74, 6) is 2.37. The Hall–Kier alpha value is -6.99. The van der Waals surface area contributed by atoms with Crippen molar-refractivity contribution >= 4 is 123 Å². The SMILES string of the molecule is CPC.Cc1ccc(-c2n[nH]c3ccc(Nc4ncc(Cl)c(Nc5ccccc5Oc5ccccc5Nc5nc(Nc6ccc7[nH]nc(-c8ccc(C)c(Cl)c8)c7c6)ncc5Cl)n4)cc23)cc1Cl. The number of halogens is 4. The normalized spacial score (nSPS) is 11.0. The maximum atomic E-state index is 6.67. The molecular weight excluding hydrogens is 957 g/mol. The molecule has 10 rings (SSSR count). The van der Waals surface area contributed by atoms with Crippen LogP contribution in [0.5, 0.6) is 11.5 Å². The number of H-pyrrole nitrogens is 2. The fourth-order valence-electron chi connectivity index (χ4n) is 7.08. The first-order chi connectivity index (χ1) is 33.0. The zero-order valence-electron chi connectivity index (χ0n) is 36.8. The predicted octanol–water partition coefficient (Wildman–Crippen LogP) is 15.3. The zero-order valence-corrected chi connectivity index (χ0v) is 40.8. The molecule has 0 aliphatic carbocycles. The molecule has 6 aromatic carbocycles.